The summed E-state index contributed by atoms with van der Waals surface area (Å²) >= 11 is 0. The van der Waals surface area contributed by atoms with Crippen molar-refractivity contribution in [3.63, 3.8) is 0 Å². The van der Waals surface area contributed by atoms with Crippen molar-refractivity contribution in [2.75, 3.05) is 19.6 Å². The Balaban J connectivity index is 1.85. The molecule has 116 valence electrons. The second kappa shape index (κ2) is 7.60. The van der Waals surface area contributed by atoms with Gasteiger partial charge >= 0.3 is 0 Å². The minimum absolute atomic E-state index is 0.0297. The van der Waals surface area contributed by atoms with Crippen LogP contribution in [0.3, 0.4) is 0 Å². The number of piperidine rings is 1. The average molecular weight is 288 g/mol. The molecule has 2 rings (SSSR count). The number of carbonyl (C=O) groups excluding carboxylic acids is 1. The summed E-state index contributed by atoms with van der Waals surface area (Å²) < 4.78 is 0. The Bertz CT molecular complexity index is 445. The van der Waals surface area contributed by atoms with E-state index in [0.717, 1.165) is 24.6 Å². The van der Waals surface area contributed by atoms with Crippen molar-refractivity contribution in [3.05, 3.63) is 35.4 Å². The molecule has 3 heteroatoms. The summed E-state index contributed by atoms with van der Waals surface area (Å²) in [5.74, 6) is 1.38. The molecule has 1 aromatic rings. The van der Waals surface area contributed by atoms with Crippen LogP contribution < -0.4 is 5.32 Å². The molecule has 1 aliphatic rings. The smallest absolute Gasteiger partial charge is 0.251 e. The summed E-state index contributed by atoms with van der Waals surface area (Å²) in [5, 5.41) is 2.95. The zero-order valence-electron chi connectivity index (χ0n) is 13.6. The number of hydrogen-bond donors (Lipinski definition) is 1. The third kappa shape index (κ3) is 5.16. The lowest BCUT2D eigenvalue weighted by Crippen LogP contribution is -2.32. The van der Waals surface area contributed by atoms with Gasteiger partial charge in [0, 0.05) is 18.7 Å². The van der Waals surface area contributed by atoms with Crippen LogP contribution in [0.1, 0.15) is 49.5 Å². The largest absolute Gasteiger partial charge is 0.352 e. The molecule has 3 nitrogen and oxygen atoms in total. The lowest BCUT2D eigenvalue weighted by atomic mass is 9.99. The molecule has 21 heavy (non-hydrogen) atoms. The van der Waals surface area contributed by atoms with E-state index in [-0.39, 0.29) is 5.91 Å². The maximum Gasteiger partial charge on any atom is 0.251 e. The molecule has 0 radical (unpaired) electrons. The quantitative estimate of drug-likeness (QED) is 0.901. The van der Waals surface area contributed by atoms with Gasteiger partial charge < -0.3 is 5.32 Å². The molecular formula is C18H28N2O. The minimum Gasteiger partial charge on any atom is -0.352 e. The fourth-order valence-corrected chi connectivity index (χ4v) is 2.64. The van der Waals surface area contributed by atoms with Gasteiger partial charge in [0.25, 0.3) is 5.91 Å². The van der Waals surface area contributed by atoms with Crippen LogP contribution in [0.15, 0.2) is 24.3 Å². The highest BCUT2D eigenvalue weighted by atomic mass is 16.1. The first-order valence-corrected chi connectivity index (χ1v) is 8.14. The minimum atomic E-state index is 0.0297. The summed E-state index contributed by atoms with van der Waals surface area (Å²) in [6.45, 7) is 10.6. The maximum atomic E-state index is 12.0. The predicted molar refractivity (Wildman–Crippen MR) is 87.3 cm³/mol. The molecule has 0 aliphatic carbocycles. The Hall–Kier alpha value is -1.35. The number of nitrogens with one attached hydrogen (secondary N) is 1. The first kappa shape index (κ1) is 16.0. The van der Waals surface area contributed by atoms with Gasteiger partial charge in [0.05, 0.1) is 0 Å². The van der Waals surface area contributed by atoms with Crippen LogP contribution in [0.2, 0.25) is 0 Å². The van der Waals surface area contributed by atoms with Gasteiger partial charge in [0.2, 0.25) is 0 Å². The van der Waals surface area contributed by atoms with Crippen molar-refractivity contribution in [2.45, 2.75) is 40.2 Å². The summed E-state index contributed by atoms with van der Waals surface area (Å²) in [5.41, 5.74) is 2.05. The van der Waals surface area contributed by atoms with Gasteiger partial charge in [-0.3, -0.25) is 9.69 Å². The van der Waals surface area contributed by atoms with Crippen LogP contribution in [0, 0.1) is 11.8 Å². The van der Waals surface area contributed by atoms with Crippen molar-refractivity contribution >= 4 is 5.91 Å². The lowest BCUT2D eigenvalue weighted by molar-refractivity contribution is 0.0949. The van der Waals surface area contributed by atoms with E-state index < -0.39 is 0 Å². The summed E-state index contributed by atoms with van der Waals surface area (Å²) in [4.78, 5) is 14.5. The fourth-order valence-electron chi connectivity index (χ4n) is 2.64. The molecular weight excluding hydrogens is 260 g/mol. The van der Waals surface area contributed by atoms with E-state index >= 15 is 0 Å². The van der Waals surface area contributed by atoms with Crippen LogP contribution in [-0.2, 0) is 6.54 Å². The van der Waals surface area contributed by atoms with Crippen molar-refractivity contribution in [3.8, 4) is 0 Å². The molecule has 0 saturated carbocycles. The zero-order valence-corrected chi connectivity index (χ0v) is 13.6. The standard InChI is InChI=1S/C18H28N2O/c1-14(2)12-19-18(21)17-6-4-16(5-7-17)13-20-10-8-15(3)9-11-20/h4-7,14-15H,8-13H2,1-3H3,(H,19,21). The third-order valence-corrected chi connectivity index (χ3v) is 4.17. The molecule has 1 N–H and O–H groups in total. The van der Waals surface area contributed by atoms with Crippen molar-refractivity contribution in [1.82, 2.24) is 10.2 Å². The van der Waals surface area contributed by atoms with E-state index in [4.69, 9.17) is 0 Å². The number of hydrogen-bond acceptors (Lipinski definition) is 2. The Labute approximate surface area is 128 Å². The highest BCUT2D eigenvalue weighted by molar-refractivity contribution is 5.94. The number of benzene rings is 1. The summed E-state index contributed by atoms with van der Waals surface area (Å²) in [6.07, 6.45) is 2.60. The number of carbonyl (C=O) groups is 1. The molecule has 0 unspecified atom stereocenters. The van der Waals surface area contributed by atoms with E-state index in [1.54, 1.807) is 0 Å². The van der Waals surface area contributed by atoms with Gasteiger partial charge in [-0.15, -0.1) is 0 Å². The van der Waals surface area contributed by atoms with Crippen LogP contribution in [-0.4, -0.2) is 30.4 Å². The molecule has 0 aromatic heterocycles. The second-order valence-electron chi connectivity index (χ2n) is 6.76. The van der Waals surface area contributed by atoms with Crippen molar-refractivity contribution in [1.29, 1.82) is 0 Å². The highest BCUT2D eigenvalue weighted by Gasteiger charge is 2.15. The average Bonchev–Trinajstić information content (AvgIpc) is 2.48. The molecule has 0 spiro atoms. The molecule has 1 fully saturated rings. The molecule has 1 amide bonds. The van der Waals surface area contributed by atoms with E-state index in [0.29, 0.717) is 5.92 Å². The molecule has 0 bridgehead atoms. The van der Waals surface area contributed by atoms with Gasteiger partial charge in [0.1, 0.15) is 0 Å². The third-order valence-electron chi connectivity index (χ3n) is 4.17. The Kier molecular flexibility index (Phi) is 5.80. The first-order valence-electron chi connectivity index (χ1n) is 8.14. The van der Waals surface area contributed by atoms with Crippen molar-refractivity contribution < 1.29 is 4.79 Å². The second-order valence-corrected chi connectivity index (χ2v) is 6.76. The van der Waals surface area contributed by atoms with Crippen LogP contribution in [0.5, 0.6) is 0 Å². The van der Waals surface area contributed by atoms with E-state index in [1.165, 1.54) is 31.5 Å². The molecule has 1 aromatic carbocycles. The van der Waals surface area contributed by atoms with Crippen LogP contribution in [0.4, 0.5) is 0 Å². The lowest BCUT2D eigenvalue weighted by Gasteiger charge is -2.30. The van der Waals surface area contributed by atoms with E-state index in [2.05, 4.69) is 43.1 Å². The normalized spacial score (nSPS) is 17.1. The highest BCUT2D eigenvalue weighted by Crippen LogP contribution is 2.18. The topological polar surface area (TPSA) is 32.3 Å². The number of rotatable bonds is 5. The van der Waals surface area contributed by atoms with Crippen molar-refractivity contribution in [2.24, 2.45) is 11.8 Å². The van der Waals surface area contributed by atoms with Gasteiger partial charge in [0.15, 0.2) is 0 Å². The summed E-state index contributed by atoms with van der Waals surface area (Å²) in [7, 11) is 0. The SMILES string of the molecule is CC(C)CNC(=O)c1ccc(CN2CCC(C)CC2)cc1. The molecule has 0 atom stereocenters. The van der Waals surface area contributed by atoms with E-state index in [1.807, 2.05) is 12.1 Å². The summed E-state index contributed by atoms with van der Waals surface area (Å²) in [6, 6.07) is 8.06. The number of likely N-dealkylation sites (tertiary alicyclic amines) is 1. The monoisotopic (exact) mass is 288 g/mol. The van der Waals surface area contributed by atoms with Gasteiger partial charge in [-0.1, -0.05) is 32.9 Å². The van der Waals surface area contributed by atoms with Crippen LogP contribution >= 0.6 is 0 Å². The van der Waals surface area contributed by atoms with Crippen LogP contribution in [0.25, 0.3) is 0 Å². The van der Waals surface area contributed by atoms with E-state index in [9.17, 15) is 4.79 Å². The first-order chi connectivity index (χ1) is 10.0. The van der Waals surface area contributed by atoms with Gasteiger partial charge in [-0.25, -0.2) is 0 Å². The molecule has 1 saturated heterocycles. The maximum absolute atomic E-state index is 12.0. The van der Waals surface area contributed by atoms with Gasteiger partial charge in [-0.05, 0) is 55.5 Å². The Morgan fingerprint density at radius 3 is 2.43 bits per heavy atom. The zero-order chi connectivity index (χ0) is 15.2. The molecule has 1 heterocycles. The number of nitrogens with zero attached hydrogens (tertiary/aromatic N) is 1. The Morgan fingerprint density at radius 2 is 1.86 bits per heavy atom. The van der Waals surface area contributed by atoms with Gasteiger partial charge in [-0.2, -0.15) is 0 Å². The Morgan fingerprint density at radius 1 is 1.24 bits per heavy atom. The fraction of sp³-hybridized carbons (Fsp3) is 0.611. The number of amides is 1. The molecule has 1 aliphatic heterocycles. The predicted octanol–water partition coefficient (Wildman–Crippen LogP) is 3.30.